The van der Waals surface area contributed by atoms with Gasteiger partial charge in [0, 0.05) is 5.56 Å². The fourth-order valence-corrected chi connectivity index (χ4v) is 2.94. The lowest BCUT2D eigenvalue weighted by Crippen LogP contribution is -2.47. The van der Waals surface area contributed by atoms with Crippen molar-refractivity contribution in [3.63, 3.8) is 0 Å². The van der Waals surface area contributed by atoms with Gasteiger partial charge in [-0.15, -0.1) is 0 Å². The van der Waals surface area contributed by atoms with Crippen molar-refractivity contribution in [1.29, 1.82) is 0 Å². The Bertz CT molecular complexity index is 879. The molecule has 0 spiro atoms. The maximum absolute atomic E-state index is 12.7. The number of amidine groups is 1. The molecule has 0 aliphatic carbocycles. The molecule has 2 atom stereocenters. The summed E-state index contributed by atoms with van der Waals surface area (Å²) >= 11 is 0. The number of carbonyl (C=O) groups excluding carboxylic acids is 2. The number of rotatable bonds is 5. The standard InChI is InChI=1S/C20H20N2O5/c1-3-27-20(25)16-17(13-9-10-14(23)15(11-13)26-2)21-18(22-19(16)24)12-7-5-4-6-8-12/h4-11,16-17,23H,3H2,1-2H3,(H,21,22,24)/t16-,17+/m0/s1. The fraction of sp³-hybridized carbons (Fsp3) is 0.250. The second kappa shape index (κ2) is 7.90. The number of amides is 1. The molecule has 0 bridgehead atoms. The van der Waals surface area contributed by atoms with Crippen molar-refractivity contribution in [2.24, 2.45) is 10.9 Å². The van der Waals surface area contributed by atoms with Crippen LogP contribution < -0.4 is 10.1 Å². The van der Waals surface area contributed by atoms with E-state index >= 15 is 0 Å². The van der Waals surface area contributed by atoms with Crippen LogP contribution in [-0.4, -0.2) is 36.5 Å². The third-order valence-electron chi connectivity index (χ3n) is 4.24. The molecule has 2 aromatic carbocycles. The van der Waals surface area contributed by atoms with Gasteiger partial charge in [-0.3, -0.25) is 14.6 Å². The van der Waals surface area contributed by atoms with Crippen LogP contribution in [0.1, 0.15) is 24.1 Å². The van der Waals surface area contributed by atoms with E-state index in [-0.39, 0.29) is 18.1 Å². The monoisotopic (exact) mass is 368 g/mol. The number of esters is 1. The van der Waals surface area contributed by atoms with E-state index in [1.165, 1.54) is 13.2 Å². The first-order valence-electron chi connectivity index (χ1n) is 8.52. The Morgan fingerprint density at radius 3 is 2.63 bits per heavy atom. The molecule has 27 heavy (non-hydrogen) atoms. The van der Waals surface area contributed by atoms with Crippen LogP contribution in [0.15, 0.2) is 53.5 Å². The minimum atomic E-state index is -1.13. The number of aromatic hydroxyl groups is 1. The first kappa shape index (κ1) is 18.4. The van der Waals surface area contributed by atoms with Gasteiger partial charge < -0.3 is 19.9 Å². The van der Waals surface area contributed by atoms with Crippen molar-refractivity contribution in [2.45, 2.75) is 13.0 Å². The highest BCUT2D eigenvalue weighted by Crippen LogP contribution is 2.36. The van der Waals surface area contributed by atoms with Crippen molar-refractivity contribution >= 4 is 17.7 Å². The van der Waals surface area contributed by atoms with Crippen LogP contribution in [0.25, 0.3) is 0 Å². The van der Waals surface area contributed by atoms with Gasteiger partial charge in [0.05, 0.1) is 19.8 Å². The molecule has 0 saturated carbocycles. The second-order valence-corrected chi connectivity index (χ2v) is 5.94. The highest BCUT2D eigenvalue weighted by molar-refractivity contribution is 6.14. The zero-order chi connectivity index (χ0) is 19.4. The molecule has 140 valence electrons. The zero-order valence-corrected chi connectivity index (χ0v) is 15.0. The first-order valence-corrected chi connectivity index (χ1v) is 8.52. The van der Waals surface area contributed by atoms with Gasteiger partial charge in [0.25, 0.3) is 0 Å². The number of nitrogens with zero attached hydrogens (tertiary/aromatic N) is 1. The summed E-state index contributed by atoms with van der Waals surface area (Å²) in [6.07, 6.45) is 0. The molecule has 2 N–H and O–H groups in total. The Morgan fingerprint density at radius 2 is 1.96 bits per heavy atom. The van der Waals surface area contributed by atoms with E-state index in [2.05, 4.69) is 10.3 Å². The Labute approximate surface area is 156 Å². The van der Waals surface area contributed by atoms with E-state index in [0.29, 0.717) is 11.4 Å². The quantitative estimate of drug-likeness (QED) is 0.623. The Hall–Kier alpha value is -3.35. The Morgan fingerprint density at radius 1 is 1.22 bits per heavy atom. The highest BCUT2D eigenvalue weighted by Gasteiger charge is 2.41. The van der Waals surface area contributed by atoms with Crippen LogP contribution in [0.5, 0.6) is 11.5 Å². The highest BCUT2D eigenvalue weighted by atomic mass is 16.5. The maximum atomic E-state index is 12.7. The summed E-state index contributed by atoms with van der Waals surface area (Å²) < 4.78 is 10.2. The van der Waals surface area contributed by atoms with Crippen molar-refractivity contribution in [2.75, 3.05) is 13.7 Å². The van der Waals surface area contributed by atoms with Gasteiger partial charge >= 0.3 is 5.97 Å². The van der Waals surface area contributed by atoms with Gasteiger partial charge in [-0.05, 0) is 24.6 Å². The summed E-state index contributed by atoms with van der Waals surface area (Å²) in [6.45, 7) is 1.83. The minimum Gasteiger partial charge on any atom is -0.504 e. The average Bonchev–Trinajstić information content (AvgIpc) is 2.68. The second-order valence-electron chi connectivity index (χ2n) is 5.94. The maximum Gasteiger partial charge on any atom is 0.321 e. The number of aliphatic imine (C=N–C) groups is 1. The molecule has 0 saturated heterocycles. The number of nitrogens with one attached hydrogen (secondary N) is 1. The van der Waals surface area contributed by atoms with Crippen LogP contribution in [0.4, 0.5) is 0 Å². The summed E-state index contributed by atoms with van der Waals surface area (Å²) in [4.78, 5) is 29.8. The van der Waals surface area contributed by atoms with E-state index in [1.54, 1.807) is 19.1 Å². The van der Waals surface area contributed by atoms with Crippen LogP contribution in [-0.2, 0) is 14.3 Å². The van der Waals surface area contributed by atoms with Gasteiger partial charge in [0.2, 0.25) is 5.91 Å². The van der Waals surface area contributed by atoms with Crippen molar-refractivity contribution in [1.82, 2.24) is 5.32 Å². The summed E-state index contributed by atoms with van der Waals surface area (Å²) in [6, 6.07) is 13.0. The third-order valence-corrected chi connectivity index (χ3v) is 4.24. The van der Waals surface area contributed by atoms with Gasteiger partial charge in [-0.2, -0.15) is 0 Å². The summed E-state index contributed by atoms with van der Waals surface area (Å²) in [5.41, 5.74) is 1.29. The van der Waals surface area contributed by atoms with Crippen LogP contribution in [0.3, 0.4) is 0 Å². The largest absolute Gasteiger partial charge is 0.504 e. The van der Waals surface area contributed by atoms with E-state index in [1.807, 2.05) is 30.3 Å². The molecule has 0 unspecified atom stereocenters. The zero-order valence-electron chi connectivity index (χ0n) is 15.0. The summed E-state index contributed by atoms with van der Waals surface area (Å²) in [5, 5.41) is 12.5. The SMILES string of the molecule is CCOC(=O)[C@@H]1C(=O)NC(c2ccccc2)=N[C@@H]1c1ccc(O)c(OC)c1. The van der Waals surface area contributed by atoms with E-state index in [0.717, 1.165) is 5.56 Å². The van der Waals surface area contributed by atoms with Crippen molar-refractivity contribution in [3.05, 3.63) is 59.7 Å². The van der Waals surface area contributed by atoms with Crippen LogP contribution in [0.2, 0.25) is 0 Å². The molecule has 3 rings (SSSR count). The van der Waals surface area contributed by atoms with E-state index < -0.39 is 23.8 Å². The number of hydrogen-bond donors (Lipinski definition) is 2. The Balaban J connectivity index is 2.09. The van der Waals surface area contributed by atoms with Crippen LogP contribution in [0, 0.1) is 5.92 Å². The van der Waals surface area contributed by atoms with Gasteiger partial charge in [-0.1, -0.05) is 36.4 Å². The predicted molar refractivity (Wildman–Crippen MR) is 98.6 cm³/mol. The predicted octanol–water partition coefficient (Wildman–Crippen LogP) is 2.20. The molecule has 7 nitrogen and oxygen atoms in total. The lowest BCUT2D eigenvalue weighted by atomic mass is 9.90. The number of benzene rings is 2. The van der Waals surface area contributed by atoms with Gasteiger partial charge in [0.15, 0.2) is 17.4 Å². The van der Waals surface area contributed by atoms with Crippen molar-refractivity contribution < 1.29 is 24.2 Å². The molecule has 0 aromatic heterocycles. The lowest BCUT2D eigenvalue weighted by molar-refractivity contribution is -0.153. The molecule has 0 radical (unpaired) electrons. The molecular formula is C20H20N2O5. The molecule has 1 aliphatic rings. The minimum absolute atomic E-state index is 0.0403. The molecule has 1 aliphatic heterocycles. The lowest BCUT2D eigenvalue weighted by Gasteiger charge is -2.28. The summed E-state index contributed by atoms with van der Waals surface area (Å²) in [5.74, 6) is -1.70. The first-order chi connectivity index (χ1) is 13.0. The number of phenols is 1. The van der Waals surface area contributed by atoms with E-state index in [4.69, 9.17) is 9.47 Å². The smallest absolute Gasteiger partial charge is 0.321 e. The molecule has 0 fully saturated rings. The molecule has 2 aromatic rings. The fourth-order valence-electron chi connectivity index (χ4n) is 2.94. The number of methoxy groups -OCH3 is 1. The number of ether oxygens (including phenoxy) is 2. The molecule has 1 amide bonds. The number of carbonyl (C=O) groups is 2. The van der Waals surface area contributed by atoms with Gasteiger partial charge in [-0.25, -0.2) is 0 Å². The Kier molecular flexibility index (Phi) is 5.40. The number of hydrogen-bond acceptors (Lipinski definition) is 6. The molecule has 1 heterocycles. The molecule has 7 heteroatoms. The average molecular weight is 368 g/mol. The summed E-state index contributed by atoms with van der Waals surface area (Å²) in [7, 11) is 1.42. The van der Waals surface area contributed by atoms with E-state index in [9.17, 15) is 14.7 Å². The van der Waals surface area contributed by atoms with Gasteiger partial charge in [0.1, 0.15) is 5.84 Å². The van der Waals surface area contributed by atoms with Crippen molar-refractivity contribution in [3.8, 4) is 11.5 Å². The van der Waals surface area contributed by atoms with Crippen LogP contribution >= 0.6 is 0 Å². The molecular weight excluding hydrogens is 348 g/mol. The number of phenolic OH excluding ortho intramolecular Hbond substituents is 1. The third kappa shape index (κ3) is 3.76. The topological polar surface area (TPSA) is 97.2 Å². The normalized spacial score (nSPS) is 19.0.